The number of nitrogens with one attached hydrogen (secondary N) is 1. The van der Waals surface area contributed by atoms with E-state index < -0.39 is 17.7 Å². The standard InChI is InChI=1S/C9H9F2N3O/c1-5(13-14-9(12)15)6-2-3-7(10)8(11)4-6/h2-4H,1H3,(H3,12,14,15)/b13-5-. The smallest absolute Gasteiger partial charge is 0.332 e. The zero-order valence-electron chi connectivity index (χ0n) is 7.92. The van der Waals surface area contributed by atoms with E-state index in [0.717, 1.165) is 12.1 Å². The summed E-state index contributed by atoms with van der Waals surface area (Å²) >= 11 is 0. The van der Waals surface area contributed by atoms with Crippen LogP contribution in [0, 0.1) is 11.6 Å². The zero-order chi connectivity index (χ0) is 11.4. The minimum absolute atomic E-state index is 0.327. The van der Waals surface area contributed by atoms with E-state index in [1.165, 1.54) is 13.0 Å². The molecule has 1 rings (SSSR count). The Kier molecular flexibility index (Phi) is 3.33. The Hall–Kier alpha value is -1.98. The minimum atomic E-state index is -0.971. The summed E-state index contributed by atoms with van der Waals surface area (Å²) in [6, 6.07) is 2.49. The molecule has 0 aliphatic rings. The van der Waals surface area contributed by atoms with Crippen molar-refractivity contribution in [1.29, 1.82) is 0 Å². The molecule has 6 heteroatoms. The maximum absolute atomic E-state index is 12.8. The van der Waals surface area contributed by atoms with Gasteiger partial charge >= 0.3 is 6.03 Å². The predicted octanol–water partition coefficient (Wildman–Crippen LogP) is 1.36. The molecule has 0 spiro atoms. The van der Waals surface area contributed by atoms with Gasteiger partial charge in [-0.3, -0.25) is 0 Å². The van der Waals surface area contributed by atoms with Gasteiger partial charge in [-0.25, -0.2) is 19.0 Å². The highest BCUT2D eigenvalue weighted by molar-refractivity contribution is 5.99. The molecule has 2 amide bonds. The highest BCUT2D eigenvalue weighted by Crippen LogP contribution is 2.09. The van der Waals surface area contributed by atoms with Crippen molar-refractivity contribution in [2.45, 2.75) is 6.92 Å². The average Bonchev–Trinajstić information content (AvgIpc) is 2.18. The number of nitrogens with zero attached hydrogens (tertiary/aromatic N) is 1. The van der Waals surface area contributed by atoms with E-state index in [4.69, 9.17) is 5.73 Å². The Morgan fingerprint density at radius 1 is 1.40 bits per heavy atom. The first-order valence-corrected chi connectivity index (χ1v) is 4.06. The third-order valence-electron chi connectivity index (χ3n) is 1.67. The second kappa shape index (κ2) is 4.50. The summed E-state index contributed by atoms with van der Waals surface area (Å²) < 4.78 is 25.4. The average molecular weight is 213 g/mol. The summed E-state index contributed by atoms with van der Waals surface area (Å²) in [7, 11) is 0. The van der Waals surface area contributed by atoms with Gasteiger partial charge in [-0.05, 0) is 25.1 Å². The molecule has 0 atom stereocenters. The fraction of sp³-hybridized carbons (Fsp3) is 0.111. The zero-order valence-corrected chi connectivity index (χ0v) is 7.92. The van der Waals surface area contributed by atoms with Crippen molar-refractivity contribution in [3.8, 4) is 0 Å². The third-order valence-corrected chi connectivity index (χ3v) is 1.67. The number of hydrogen-bond donors (Lipinski definition) is 2. The van der Waals surface area contributed by atoms with Gasteiger partial charge < -0.3 is 5.73 Å². The van der Waals surface area contributed by atoms with Crippen molar-refractivity contribution in [3.63, 3.8) is 0 Å². The summed E-state index contributed by atoms with van der Waals surface area (Å²) in [5, 5.41) is 3.57. The lowest BCUT2D eigenvalue weighted by Gasteiger charge is -2.01. The normalized spacial score (nSPS) is 11.3. The van der Waals surface area contributed by atoms with Crippen molar-refractivity contribution in [1.82, 2.24) is 5.43 Å². The van der Waals surface area contributed by atoms with E-state index in [2.05, 4.69) is 5.10 Å². The van der Waals surface area contributed by atoms with Gasteiger partial charge in [0.2, 0.25) is 0 Å². The van der Waals surface area contributed by atoms with Gasteiger partial charge in [-0.1, -0.05) is 0 Å². The molecule has 80 valence electrons. The molecule has 1 aromatic carbocycles. The first kappa shape index (κ1) is 11.1. The molecule has 0 aliphatic heterocycles. The molecular weight excluding hydrogens is 204 g/mol. The van der Waals surface area contributed by atoms with Gasteiger partial charge in [0.15, 0.2) is 11.6 Å². The summed E-state index contributed by atoms with van der Waals surface area (Å²) in [6.07, 6.45) is 0. The molecule has 0 saturated carbocycles. The largest absolute Gasteiger partial charge is 0.350 e. The van der Waals surface area contributed by atoms with Gasteiger partial charge in [0.25, 0.3) is 0 Å². The van der Waals surface area contributed by atoms with Gasteiger partial charge in [0.05, 0.1) is 5.71 Å². The van der Waals surface area contributed by atoms with Crippen molar-refractivity contribution >= 4 is 11.7 Å². The summed E-state index contributed by atoms with van der Waals surface area (Å²) in [6.45, 7) is 1.53. The molecule has 0 radical (unpaired) electrons. The van der Waals surface area contributed by atoms with Crippen LogP contribution in [0.1, 0.15) is 12.5 Å². The molecule has 0 bridgehead atoms. The SMILES string of the molecule is C/C(=N/NC(N)=O)c1ccc(F)c(F)c1. The maximum Gasteiger partial charge on any atom is 0.332 e. The highest BCUT2D eigenvalue weighted by Gasteiger charge is 2.04. The van der Waals surface area contributed by atoms with E-state index in [1.54, 1.807) is 0 Å². The van der Waals surface area contributed by atoms with E-state index in [1.807, 2.05) is 5.43 Å². The lowest BCUT2D eigenvalue weighted by atomic mass is 10.1. The van der Waals surface area contributed by atoms with Crippen molar-refractivity contribution in [2.75, 3.05) is 0 Å². The number of halogens is 2. The Morgan fingerprint density at radius 2 is 2.07 bits per heavy atom. The second-order valence-electron chi connectivity index (χ2n) is 2.80. The lowest BCUT2D eigenvalue weighted by Crippen LogP contribution is -2.25. The van der Waals surface area contributed by atoms with E-state index in [0.29, 0.717) is 11.3 Å². The van der Waals surface area contributed by atoms with Gasteiger partial charge in [-0.15, -0.1) is 0 Å². The molecule has 0 heterocycles. The van der Waals surface area contributed by atoms with Crippen LogP contribution in [0.3, 0.4) is 0 Å². The molecule has 0 unspecified atom stereocenters. The van der Waals surface area contributed by atoms with Gasteiger partial charge in [0.1, 0.15) is 0 Å². The summed E-state index contributed by atoms with van der Waals surface area (Å²) in [5.41, 5.74) is 7.46. The first-order valence-electron chi connectivity index (χ1n) is 4.06. The number of carbonyl (C=O) groups excluding carboxylic acids is 1. The van der Waals surface area contributed by atoms with Crippen LogP contribution < -0.4 is 11.2 Å². The first-order chi connectivity index (χ1) is 7.00. The van der Waals surface area contributed by atoms with Gasteiger partial charge in [-0.2, -0.15) is 5.10 Å². The molecule has 0 saturated heterocycles. The Bertz CT molecular complexity index is 418. The molecule has 1 aromatic rings. The number of carbonyl (C=O) groups is 1. The number of rotatable bonds is 2. The molecule has 15 heavy (non-hydrogen) atoms. The number of hydrogen-bond acceptors (Lipinski definition) is 2. The number of amides is 2. The van der Waals surface area contributed by atoms with E-state index in [9.17, 15) is 13.6 Å². The second-order valence-corrected chi connectivity index (χ2v) is 2.80. The van der Waals surface area contributed by atoms with Crippen LogP contribution in [0.2, 0.25) is 0 Å². The van der Waals surface area contributed by atoms with E-state index in [-0.39, 0.29) is 0 Å². The topological polar surface area (TPSA) is 67.5 Å². The molecule has 0 aliphatic carbocycles. The van der Waals surface area contributed by atoms with Crippen LogP contribution >= 0.6 is 0 Å². The van der Waals surface area contributed by atoms with Crippen LogP contribution in [0.5, 0.6) is 0 Å². The van der Waals surface area contributed by atoms with Crippen molar-refractivity contribution in [2.24, 2.45) is 10.8 Å². The van der Waals surface area contributed by atoms with Crippen LogP contribution in [-0.4, -0.2) is 11.7 Å². The number of hydrazone groups is 1. The Morgan fingerprint density at radius 3 is 2.60 bits per heavy atom. The van der Waals surface area contributed by atoms with Crippen LogP contribution in [0.4, 0.5) is 13.6 Å². The molecule has 4 nitrogen and oxygen atoms in total. The fourth-order valence-corrected chi connectivity index (χ4v) is 0.925. The maximum atomic E-state index is 12.8. The number of nitrogens with two attached hydrogens (primary N) is 1. The van der Waals surface area contributed by atoms with Crippen LogP contribution in [0.25, 0.3) is 0 Å². The number of primary amides is 1. The summed E-state index contributed by atoms with van der Waals surface area (Å²) in [4.78, 5) is 10.3. The van der Waals surface area contributed by atoms with Crippen molar-refractivity contribution < 1.29 is 13.6 Å². The molecule has 0 aromatic heterocycles. The minimum Gasteiger partial charge on any atom is -0.350 e. The van der Waals surface area contributed by atoms with Gasteiger partial charge in [0, 0.05) is 5.56 Å². The fourth-order valence-electron chi connectivity index (χ4n) is 0.925. The van der Waals surface area contributed by atoms with Crippen molar-refractivity contribution in [3.05, 3.63) is 35.4 Å². The molecule has 0 fully saturated rings. The highest BCUT2D eigenvalue weighted by atomic mass is 19.2. The quantitative estimate of drug-likeness (QED) is 0.565. The molecular formula is C9H9F2N3O. The Labute approximate surface area is 84.8 Å². The predicted molar refractivity (Wildman–Crippen MR) is 51.3 cm³/mol. The molecule has 3 N–H and O–H groups in total. The lowest BCUT2D eigenvalue weighted by molar-refractivity contribution is 0.249. The monoisotopic (exact) mass is 213 g/mol. The summed E-state index contributed by atoms with van der Waals surface area (Å²) in [5.74, 6) is -1.91. The number of urea groups is 1. The Balaban J connectivity index is 2.91. The van der Waals surface area contributed by atoms with Crippen LogP contribution in [-0.2, 0) is 0 Å². The third kappa shape index (κ3) is 3.01. The van der Waals surface area contributed by atoms with Crippen LogP contribution in [0.15, 0.2) is 23.3 Å². The number of benzene rings is 1. The van der Waals surface area contributed by atoms with E-state index >= 15 is 0 Å².